The lowest BCUT2D eigenvalue weighted by atomic mass is 10.1. The molecule has 0 radical (unpaired) electrons. The lowest BCUT2D eigenvalue weighted by Crippen LogP contribution is -2.39. The van der Waals surface area contributed by atoms with E-state index in [1.165, 1.54) is 35.3 Å². The molecular weight excluding hydrogens is 324 g/mol. The molecular formula is C20H22N6. The molecule has 1 aliphatic heterocycles. The van der Waals surface area contributed by atoms with E-state index in [1.54, 1.807) is 0 Å². The first-order valence-corrected chi connectivity index (χ1v) is 9.14. The van der Waals surface area contributed by atoms with Gasteiger partial charge in [0.15, 0.2) is 5.82 Å². The molecule has 1 aliphatic carbocycles. The summed E-state index contributed by atoms with van der Waals surface area (Å²) in [6, 6.07) is 8.73. The van der Waals surface area contributed by atoms with Crippen molar-refractivity contribution in [3.8, 4) is 0 Å². The largest absolute Gasteiger partial charge is 0.357 e. The number of aromatic nitrogens is 4. The van der Waals surface area contributed by atoms with Crippen LogP contribution >= 0.6 is 0 Å². The van der Waals surface area contributed by atoms with E-state index in [9.17, 15) is 0 Å². The number of rotatable bonds is 3. The van der Waals surface area contributed by atoms with E-state index in [-0.39, 0.29) is 0 Å². The minimum Gasteiger partial charge on any atom is -0.357 e. The van der Waals surface area contributed by atoms with Gasteiger partial charge in [0.05, 0.1) is 13.1 Å². The van der Waals surface area contributed by atoms with Gasteiger partial charge in [-0.1, -0.05) is 6.07 Å². The van der Waals surface area contributed by atoms with Gasteiger partial charge in [-0.05, 0) is 49.9 Å². The molecule has 0 saturated heterocycles. The van der Waals surface area contributed by atoms with E-state index < -0.39 is 0 Å². The maximum atomic E-state index is 4.84. The van der Waals surface area contributed by atoms with Crippen LogP contribution < -0.4 is 4.90 Å². The van der Waals surface area contributed by atoms with Crippen molar-refractivity contribution in [2.45, 2.75) is 39.2 Å². The number of H-pyrrole nitrogens is 1. The lowest BCUT2D eigenvalue weighted by Gasteiger charge is -2.31. The standard InChI is InChI=1S/C20H22N6/c1-13-7-14(2)9-16(8-13)25-11-19-21-5-6-26(19)20(12-25)22-18-10-17(23-24-18)15-3-4-15/h5-10,15H,3-4,11-12H2,1-2H3,(H,23,24). The summed E-state index contributed by atoms with van der Waals surface area (Å²) in [5.74, 6) is 3.37. The van der Waals surface area contributed by atoms with Gasteiger partial charge in [-0.25, -0.2) is 9.98 Å². The van der Waals surface area contributed by atoms with E-state index in [1.807, 2.05) is 12.4 Å². The van der Waals surface area contributed by atoms with Gasteiger partial charge >= 0.3 is 0 Å². The fraction of sp³-hybridized carbons (Fsp3) is 0.350. The first-order valence-electron chi connectivity index (χ1n) is 9.14. The zero-order valence-corrected chi connectivity index (χ0v) is 15.1. The first-order chi connectivity index (χ1) is 12.7. The van der Waals surface area contributed by atoms with Gasteiger partial charge in [0.25, 0.3) is 0 Å². The molecule has 3 heterocycles. The molecule has 0 bridgehead atoms. The van der Waals surface area contributed by atoms with Gasteiger partial charge < -0.3 is 4.90 Å². The minimum absolute atomic E-state index is 0.651. The second-order valence-electron chi connectivity index (χ2n) is 7.40. The number of fused-ring (bicyclic) bond motifs is 1. The van der Waals surface area contributed by atoms with E-state index in [0.717, 1.165) is 30.6 Å². The molecule has 6 nitrogen and oxygen atoms in total. The normalized spacial score (nSPS) is 18.4. The highest BCUT2D eigenvalue weighted by Crippen LogP contribution is 2.39. The molecule has 26 heavy (non-hydrogen) atoms. The highest BCUT2D eigenvalue weighted by molar-refractivity contribution is 5.92. The first kappa shape index (κ1) is 15.4. The highest BCUT2D eigenvalue weighted by atomic mass is 15.3. The van der Waals surface area contributed by atoms with Crippen LogP contribution in [0.5, 0.6) is 0 Å². The van der Waals surface area contributed by atoms with Crippen LogP contribution in [0.25, 0.3) is 0 Å². The van der Waals surface area contributed by atoms with Crippen LogP contribution in [0.4, 0.5) is 11.5 Å². The lowest BCUT2D eigenvalue weighted by molar-refractivity contribution is 0.752. The third-order valence-electron chi connectivity index (χ3n) is 5.08. The SMILES string of the molecule is Cc1cc(C)cc(N2CC(=Nc3cc(C4CC4)[nH]n3)n3ccnc3C2)c1. The van der Waals surface area contributed by atoms with Crippen molar-refractivity contribution in [3.63, 3.8) is 0 Å². The molecule has 1 N–H and O–H groups in total. The number of hydrogen-bond donors (Lipinski definition) is 1. The van der Waals surface area contributed by atoms with Crippen molar-refractivity contribution >= 4 is 17.3 Å². The number of hydrogen-bond acceptors (Lipinski definition) is 4. The third kappa shape index (κ3) is 2.81. The number of anilines is 1. The zero-order chi connectivity index (χ0) is 17.7. The number of aryl methyl sites for hydroxylation is 2. The molecule has 0 unspecified atom stereocenters. The average Bonchev–Trinajstić information content (AvgIpc) is 3.15. The van der Waals surface area contributed by atoms with E-state index in [2.05, 4.69) is 62.8 Å². The quantitative estimate of drug-likeness (QED) is 0.786. The maximum absolute atomic E-state index is 4.84. The summed E-state index contributed by atoms with van der Waals surface area (Å²) in [5.41, 5.74) is 4.96. The number of aromatic amines is 1. The second kappa shape index (κ2) is 5.83. The predicted molar refractivity (Wildman–Crippen MR) is 102 cm³/mol. The molecule has 0 spiro atoms. The van der Waals surface area contributed by atoms with Gasteiger partial charge in [-0.3, -0.25) is 9.67 Å². The Bertz CT molecular complexity index is 971. The summed E-state index contributed by atoms with van der Waals surface area (Å²) < 4.78 is 2.09. The van der Waals surface area contributed by atoms with E-state index in [0.29, 0.717) is 5.92 Å². The maximum Gasteiger partial charge on any atom is 0.175 e. The Morgan fingerprint density at radius 2 is 1.88 bits per heavy atom. The van der Waals surface area contributed by atoms with Gasteiger partial charge in [0.1, 0.15) is 11.7 Å². The molecule has 5 rings (SSSR count). The molecule has 3 aromatic rings. The van der Waals surface area contributed by atoms with Crippen LogP contribution in [0, 0.1) is 13.8 Å². The van der Waals surface area contributed by atoms with Gasteiger partial charge in [0, 0.05) is 35.8 Å². The van der Waals surface area contributed by atoms with Crippen molar-refractivity contribution in [2.75, 3.05) is 11.4 Å². The molecule has 2 aliphatic rings. The van der Waals surface area contributed by atoms with Gasteiger partial charge in [0.2, 0.25) is 0 Å². The van der Waals surface area contributed by atoms with Crippen molar-refractivity contribution in [3.05, 3.63) is 59.3 Å². The number of benzene rings is 1. The summed E-state index contributed by atoms with van der Waals surface area (Å²) in [4.78, 5) is 11.7. The Kier molecular flexibility index (Phi) is 3.45. The molecule has 1 aromatic carbocycles. The van der Waals surface area contributed by atoms with Crippen LogP contribution in [0.2, 0.25) is 0 Å². The van der Waals surface area contributed by atoms with E-state index in [4.69, 9.17) is 4.99 Å². The van der Waals surface area contributed by atoms with Crippen LogP contribution in [0.3, 0.4) is 0 Å². The Hall–Kier alpha value is -2.89. The molecule has 132 valence electrons. The summed E-state index contributed by atoms with van der Waals surface area (Å²) in [5, 5.41) is 7.53. The zero-order valence-electron chi connectivity index (χ0n) is 15.1. The van der Waals surface area contributed by atoms with E-state index >= 15 is 0 Å². The van der Waals surface area contributed by atoms with Gasteiger partial charge in [-0.2, -0.15) is 5.10 Å². The fourth-order valence-electron chi connectivity index (χ4n) is 3.68. The van der Waals surface area contributed by atoms with Crippen molar-refractivity contribution < 1.29 is 0 Å². The third-order valence-corrected chi connectivity index (χ3v) is 5.08. The Balaban J connectivity index is 1.51. The summed E-state index contributed by atoms with van der Waals surface area (Å²) in [6.45, 7) is 5.79. The number of aliphatic imine (C=N–C) groups is 1. The summed E-state index contributed by atoms with van der Waals surface area (Å²) >= 11 is 0. The van der Waals surface area contributed by atoms with Crippen molar-refractivity contribution in [1.29, 1.82) is 0 Å². The molecule has 6 heteroatoms. The average molecular weight is 346 g/mol. The molecule has 1 saturated carbocycles. The highest BCUT2D eigenvalue weighted by Gasteiger charge is 2.26. The molecule has 1 fully saturated rings. The second-order valence-corrected chi connectivity index (χ2v) is 7.40. The van der Waals surface area contributed by atoms with Gasteiger partial charge in [-0.15, -0.1) is 0 Å². The minimum atomic E-state index is 0.651. The topological polar surface area (TPSA) is 62.1 Å². The van der Waals surface area contributed by atoms with Crippen LogP contribution in [0.15, 0.2) is 41.7 Å². The fourth-order valence-corrected chi connectivity index (χ4v) is 3.68. The number of imidazole rings is 1. The number of nitrogens with zero attached hydrogens (tertiary/aromatic N) is 5. The van der Waals surface area contributed by atoms with Crippen molar-refractivity contribution in [2.24, 2.45) is 4.99 Å². The number of nitrogens with one attached hydrogen (secondary N) is 1. The predicted octanol–water partition coefficient (Wildman–Crippen LogP) is 3.70. The summed E-state index contributed by atoms with van der Waals surface area (Å²) in [7, 11) is 0. The smallest absolute Gasteiger partial charge is 0.175 e. The van der Waals surface area contributed by atoms with Crippen molar-refractivity contribution in [1.82, 2.24) is 19.7 Å². The Morgan fingerprint density at radius 3 is 2.65 bits per heavy atom. The molecule has 0 amide bonds. The van der Waals surface area contributed by atoms with Crippen LogP contribution in [0.1, 0.15) is 41.4 Å². The molecule has 2 aromatic heterocycles. The summed E-state index contributed by atoms with van der Waals surface area (Å²) in [6.07, 6.45) is 6.34. The van der Waals surface area contributed by atoms with Crippen LogP contribution in [-0.4, -0.2) is 32.1 Å². The Labute approximate surface area is 152 Å². The monoisotopic (exact) mass is 346 g/mol. The van der Waals surface area contributed by atoms with Crippen LogP contribution in [-0.2, 0) is 6.54 Å². The Morgan fingerprint density at radius 1 is 1.08 bits per heavy atom. The molecule has 0 atom stereocenters.